The molecule has 9 aromatic rings. The molecule has 45 heavy (non-hydrogen) atoms. The Bertz CT molecular complexity index is 2540. The Morgan fingerprint density at radius 2 is 1.29 bits per heavy atom. The molecule has 214 valence electrons. The van der Waals surface area contributed by atoms with E-state index in [9.17, 15) is 0 Å². The minimum Gasteiger partial charge on any atom is -0.455 e. The number of nitrogens with zero attached hydrogens (tertiary/aromatic N) is 1. The largest absolute Gasteiger partial charge is 0.455 e. The van der Waals surface area contributed by atoms with Crippen LogP contribution in [-0.2, 0) is 5.75 Å². The molecule has 3 nitrogen and oxygen atoms in total. The highest BCUT2D eigenvalue weighted by atomic mass is 32.2. The van der Waals surface area contributed by atoms with E-state index in [-0.39, 0.29) is 0 Å². The Hall–Kier alpha value is -5.45. The zero-order valence-electron chi connectivity index (χ0n) is 24.4. The van der Waals surface area contributed by atoms with E-state index in [4.69, 9.17) is 10.2 Å². The summed E-state index contributed by atoms with van der Waals surface area (Å²) in [6, 6.07) is 51.5. The third-order valence-electron chi connectivity index (χ3n) is 8.83. The van der Waals surface area contributed by atoms with Gasteiger partial charge >= 0.3 is 0 Å². The van der Waals surface area contributed by atoms with Crippen molar-refractivity contribution in [2.24, 2.45) is 0 Å². The molecule has 0 amide bonds. The number of hydrogen-bond donors (Lipinski definition) is 1. The standard InChI is InChI=1S/C41H28N2OS/c42-35-24-33(27-10-2-1-3-11-27)40-39(32-15-7-9-17-38(32)44-40)41(35)45-25-26-18-20-30(21-19-26)43-36-16-8-6-14-31(36)34-22-28-12-4-5-13-29(28)23-37(34)43/h1-24H,25,42H2. The van der Waals surface area contributed by atoms with Crippen LogP contribution in [0.15, 0.2) is 155 Å². The zero-order valence-corrected chi connectivity index (χ0v) is 25.2. The van der Waals surface area contributed by atoms with Gasteiger partial charge in [0.2, 0.25) is 0 Å². The van der Waals surface area contributed by atoms with Crippen LogP contribution >= 0.6 is 11.8 Å². The van der Waals surface area contributed by atoms with E-state index in [0.717, 1.165) is 55.1 Å². The van der Waals surface area contributed by atoms with Crippen LogP contribution in [0.2, 0.25) is 0 Å². The average molecular weight is 597 g/mol. The number of anilines is 1. The van der Waals surface area contributed by atoms with Crippen LogP contribution in [0, 0.1) is 0 Å². The second-order valence-corrected chi connectivity index (χ2v) is 12.5. The number of rotatable bonds is 5. The normalized spacial score (nSPS) is 11.8. The molecule has 0 saturated carbocycles. The van der Waals surface area contributed by atoms with E-state index in [1.807, 2.05) is 30.3 Å². The van der Waals surface area contributed by atoms with Crippen molar-refractivity contribution in [3.63, 3.8) is 0 Å². The van der Waals surface area contributed by atoms with Crippen molar-refractivity contribution in [1.29, 1.82) is 0 Å². The van der Waals surface area contributed by atoms with Crippen molar-refractivity contribution in [3.8, 4) is 16.8 Å². The molecule has 0 spiro atoms. The van der Waals surface area contributed by atoms with Crippen LogP contribution in [0.25, 0.3) is 71.3 Å². The van der Waals surface area contributed by atoms with Crippen LogP contribution in [-0.4, -0.2) is 4.57 Å². The molecule has 0 bridgehead atoms. The van der Waals surface area contributed by atoms with Crippen molar-refractivity contribution < 1.29 is 4.42 Å². The average Bonchev–Trinajstić information content (AvgIpc) is 3.63. The smallest absolute Gasteiger partial charge is 0.144 e. The van der Waals surface area contributed by atoms with Gasteiger partial charge in [-0.25, -0.2) is 0 Å². The number of nitrogen functional groups attached to an aromatic ring is 1. The van der Waals surface area contributed by atoms with Gasteiger partial charge in [0.05, 0.1) is 11.0 Å². The maximum absolute atomic E-state index is 6.81. The second kappa shape index (κ2) is 10.3. The molecule has 2 heterocycles. The second-order valence-electron chi connectivity index (χ2n) is 11.5. The predicted octanol–water partition coefficient (Wildman–Crippen LogP) is 11.4. The lowest BCUT2D eigenvalue weighted by Crippen LogP contribution is -1.95. The van der Waals surface area contributed by atoms with Crippen LogP contribution in [0.3, 0.4) is 0 Å². The van der Waals surface area contributed by atoms with Gasteiger partial charge in [-0.05, 0) is 64.4 Å². The van der Waals surface area contributed by atoms with Crippen molar-refractivity contribution in [2.45, 2.75) is 10.6 Å². The first-order chi connectivity index (χ1) is 22.2. The number of thioether (sulfide) groups is 1. The van der Waals surface area contributed by atoms with E-state index in [1.165, 1.54) is 38.1 Å². The molecule has 0 atom stereocenters. The third kappa shape index (κ3) is 4.21. The summed E-state index contributed by atoms with van der Waals surface area (Å²) < 4.78 is 8.85. The van der Waals surface area contributed by atoms with Gasteiger partial charge in [0.15, 0.2) is 0 Å². The summed E-state index contributed by atoms with van der Waals surface area (Å²) in [6.45, 7) is 0. The summed E-state index contributed by atoms with van der Waals surface area (Å²) in [4.78, 5) is 1.06. The lowest BCUT2D eigenvalue weighted by molar-refractivity contribution is 0.669. The molecular weight excluding hydrogens is 569 g/mol. The Kier molecular flexibility index (Phi) is 5.97. The van der Waals surface area contributed by atoms with Crippen LogP contribution in [0.4, 0.5) is 5.69 Å². The Labute approximate surface area is 264 Å². The molecule has 9 rings (SSSR count). The SMILES string of the molecule is Nc1cc(-c2ccccc2)c2oc3ccccc3c2c1SCc1ccc(-n2c3ccccc3c3cc4ccccc4cc32)cc1. The Morgan fingerprint density at radius 3 is 2.11 bits per heavy atom. The lowest BCUT2D eigenvalue weighted by Gasteiger charge is -2.12. The van der Waals surface area contributed by atoms with Gasteiger partial charge in [0.1, 0.15) is 11.2 Å². The van der Waals surface area contributed by atoms with Crippen LogP contribution in [0.5, 0.6) is 0 Å². The van der Waals surface area contributed by atoms with Crippen LogP contribution in [0.1, 0.15) is 5.56 Å². The van der Waals surface area contributed by atoms with Crippen molar-refractivity contribution in [3.05, 3.63) is 151 Å². The maximum atomic E-state index is 6.81. The molecular formula is C41H28N2OS. The van der Waals surface area contributed by atoms with Crippen LogP contribution < -0.4 is 5.73 Å². The Morgan fingerprint density at radius 1 is 0.600 bits per heavy atom. The minimum absolute atomic E-state index is 0.770. The first-order valence-electron chi connectivity index (χ1n) is 15.2. The topological polar surface area (TPSA) is 44.1 Å². The maximum Gasteiger partial charge on any atom is 0.144 e. The molecule has 0 fully saturated rings. The third-order valence-corrected chi connectivity index (χ3v) is 10.0. The van der Waals surface area contributed by atoms with E-state index < -0.39 is 0 Å². The van der Waals surface area contributed by atoms with Gasteiger partial charge in [-0.15, -0.1) is 11.8 Å². The number of hydrogen-bond acceptors (Lipinski definition) is 3. The number of para-hydroxylation sites is 2. The summed E-state index contributed by atoms with van der Waals surface area (Å²) in [6.07, 6.45) is 0. The molecule has 2 aromatic heterocycles. The van der Waals surface area contributed by atoms with E-state index in [2.05, 4.69) is 120 Å². The highest BCUT2D eigenvalue weighted by Gasteiger charge is 2.19. The molecule has 7 aromatic carbocycles. The molecule has 0 aliphatic carbocycles. The van der Waals surface area contributed by atoms with Gasteiger partial charge in [-0.3, -0.25) is 0 Å². The molecule has 4 heteroatoms. The van der Waals surface area contributed by atoms with Gasteiger partial charge in [-0.2, -0.15) is 0 Å². The summed E-state index contributed by atoms with van der Waals surface area (Å²) in [7, 11) is 0. The Balaban J connectivity index is 1.10. The summed E-state index contributed by atoms with van der Waals surface area (Å²) in [5, 5.41) is 7.22. The van der Waals surface area contributed by atoms with Gasteiger partial charge in [-0.1, -0.05) is 103 Å². The fourth-order valence-electron chi connectivity index (χ4n) is 6.71. The number of nitrogens with two attached hydrogens (primary N) is 1. The highest BCUT2D eigenvalue weighted by molar-refractivity contribution is 7.99. The predicted molar refractivity (Wildman–Crippen MR) is 191 cm³/mol. The summed E-state index contributed by atoms with van der Waals surface area (Å²) in [5.41, 5.74) is 16.3. The summed E-state index contributed by atoms with van der Waals surface area (Å²) >= 11 is 1.77. The molecule has 0 radical (unpaired) electrons. The van der Waals surface area contributed by atoms with Gasteiger partial charge in [0.25, 0.3) is 0 Å². The molecule has 2 N–H and O–H groups in total. The fourth-order valence-corrected chi connectivity index (χ4v) is 7.79. The van der Waals surface area contributed by atoms with Crippen molar-refractivity contribution in [1.82, 2.24) is 4.57 Å². The first kappa shape index (κ1) is 26.0. The first-order valence-corrected chi connectivity index (χ1v) is 16.1. The molecule has 0 aliphatic rings. The van der Waals surface area contributed by atoms with Gasteiger partial charge < -0.3 is 14.7 Å². The van der Waals surface area contributed by atoms with Crippen molar-refractivity contribution >= 4 is 72.0 Å². The quantitative estimate of drug-likeness (QED) is 0.159. The lowest BCUT2D eigenvalue weighted by atomic mass is 10.0. The number of furan rings is 1. The number of benzene rings is 7. The van der Waals surface area contributed by atoms with E-state index in [0.29, 0.717) is 0 Å². The van der Waals surface area contributed by atoms with E-state index in [1.54, 1.807) is 11.8 Å². The van der Waals surface area contributed by atoms with Gasteiger partial charge in [0, 0.05) is 49.1 Å². The molecule has 0 aliphatic heterocycles. The minimum atomic E-state index is 0.770. The number of aromatic nitrogens is 1. The molecule has 0 saturated heterocycles. The highest BCUT2D eigenvalue weighted by Crippen LogP contribution is 2.45. The summed E-state index contributed by atoms with van der Waals surface area (Å²) in [5.74, 6) is 0.793. The van der Waals surface area contributed by atoms with Crippen molar-refractivity contribution in [2.75, 3.05) is 5.73 Å². The number of fused-ring (bicyclic) bond motifs is 7. The molecule has 0 unspecified atom stereocenters. The van der Waals surface area contributed by atoms with E-state index >= 15 is 0 Å². The fraction of sp³-hybridized carbons (Fsp3) is 0.0244. The monoisotopic (exact) mass is 596 g/mol. The zero-order chi connectivity index (χ0) is 29.9.